The van der Waals surface area contributed by atoms with Crippen LogP contribution in [-0.2, 0) is 17.8 Å². The van der Waals surface area contributed by atoms with Crippen molar-refractivity contribution in [3.8, 4) is 10.6 Å². The van der Waals surface area contributed by atoms with E-state index in [4.69, 9.17) is 0 Å². The summed E-state index contributed by atoms with van der Waals surface area (Å²) in [4.78, 5) is 16.7. The second-order valence-corrected chi connectivity index (χ2v) is 7.36. The van der Waals surface area contributed by atoms with Crippen molar-refractivity contribution < 1.29 is 14.8 Å². The molecule has 1 aromatic carbocycles. The van der Waals surface area contributed by atoms with Crippen LogP contribution in [0, 0.1) is 5.92 Å². The number of hydrogen-bond donors (Lipinski definition) is 1. The molecule has 1 aromatic heterocycles. The molecule has 1 fully saturated rings. The van der Waals surface area contributed by atoms with Crippen LogP contribution in [-0.4, -0.2) is 24.0 Å². The first kappa shape index (κ1) is 16.1. The summed E-state index contributed by atoms with van der Waals surface area (Å²) in [6, 6.07) is 8.46. The Bertz CT molecular complexity index is 675. The van der Waals surface area contributed by atoms with Gasteiger partial charge in [0.15, 0.2) is 0 Å². The molecule has 1 saturated heterocycles. The minimum Gasteiger partial charge on any atom is -0.550 e. The number of nitrogens with zero attached hydrogens (tertiary/aromatic N) is 1. The van der Waals surface area contributed by atoms with Gasteiger partial charge < -0.3 is 14.8 Å². The molecule has 0 saturated carbocycles. The number of nitrogens with one attached hydrogen (secondary N) is 1. The Morgan fingerprint density at radius 1 is 1.39 bits per heavy atom. The number of quaternary nitrogens is 1. The van der Waals surface area contributed by atoms with Gasteiger partial charge in [-0.05, 0) is 24.8 Å². The third-order valence-electron chi connectivity index (χ3n) is 4.49. The van der Waals surface area contributed by atoms with Gasteiger partial charge in [-0.25, -0.2) is 4.98 Å². The molecule has 0 unspecified atom stereocenters. The summed E-state index contributed by atoms with van der Waals surface area (Å²) in [7, 11) is 0. The van der Waals surface area contributed by atoms with Gasteiger partial charge >= 0.3 is 0 Å². The van der Waals surface area contributed by atoms with E-state index in [2.05, 4.69) is 30.1 Å². The van der Waals surface area contributed by atoms with Gasteiger partial charge in [-0.1, -0.05) is 25.1 Å². The number of rotatable bonds is 5. The normalized spacial score (nSPS) is 21.3. The predicted molar refractivity (Wildman–Crippen MR) is 89.1 cm³/mol. The number of likely N-dealkylation sites (tertiary alicyclic amines) is 1. The van der Waals surface area contributed by atoms with E-state index in [1.165, 1.54) is 42.8 Å². The Morgan fingerprint density at radius 2 is 2.17 bits per heavy atom. The van der Waals surface area contributed by atoms with Gasteiger partial charge in [0.1, 0.15) is 11.6 Å². The SMILES string of the molecule is CC1CC[NH+](Cc2cccc(-c3nc(CC(=O)[O-])cs3)c2)CC1. The third kappa shape index (κ3) is 4.39. The number of carboxylic acid groups (broad SMARTS) is 1. The quantitative estimate of drug-likeness (QED) is 0.887. The first-order valence-electron chi connectivity index (χ1n) is 8.17. The molecule has 23 heavy (non-hydrogen) atoms. The molecule has 0 atom stereocenters. The van der Waals surface area contributed by atoms with Gasteiger partial charge in [-0.15, -0.1) is 11.3 Å². The average molecular weight is 330 g/mol. The van der Waals surface area contributed by atoms with Crippen LogP contribution in [0.2, 0.25) is 0 Å². The molecular formula is C18H22N2O2S. The monoisotopic (exact) mass is 330 g/mol. The molecule has 0 aliphatic carbocycles. The van der Waals surface area contributed by atoms with Crippen molar-refractivity contribution in [2.75, 3.05) is 13.1 Å². The van der Waals surface area contributed by atoms with Crippen molar-refractivity contribution in [3.63, 3.8) is 0 Å². The second kappa shape index (κ2) is 7.23. The Hall–Kier alpha value is -1.72. The van der Waals surface area contributed by atoms with Crippen LogP contribution in [0.5, 0.6) is 0 Å². The minimum atomic E-state index is -1.08. The number of aliphatic carboxylic acids is 1. The molecule has 0 spiro atoms. The number of aromatic nitrogens is 1. The van der Waals surface area contributed by atoms with Crippen molar-refractivity contribution in [2.45, 2.75) is 32.7 Å². The molecule has 0 bridgehead atoms. The Labute approximate surface area is 140 Å². The summed E-state index contributed by atoms with van der Waals surface area (Å²) < 4.78 is 0. The molecule has 122 valence electrons. The highest BCUT2D eigenvalue weighted by Gasteiger charge is 2.19. The van der Waals surface area contributed by atoms with Crippen molar-refractivity contribution in [1.29, 1.82) is 0 Å². The van der Waals surface area contributed by atoms with Crippen LogP contribution in [0.15, 0.2) is 29.6 Å². The highest BCUT2D eigenvalue weighted by atomic mass is 32.1. The van der Waals surface area contributed by atoms with E-state index in [1.807, 2.05) is 6.07 Å². The maximum atomic E-state index is 10.7. The lowest BCUT2D eigenvalue weighted by Crippen LogP contribution is -3.11. The molecule has 3 rings (SSSR count). The van der Waals surface area contributed by atoms with Crippen molar-refractivity contribution >= 4 is 17.3 Å². The molecule has 1 aliphatic rings. The molecular weight excluding hydrogens is 308 g/mol. The van der Waals surface area contributed by atoms with Gasteiger partial charge in [0, 0.05) is 28.9 Å². The zero-order valence-corrected chi connectivity index (χ0v) is 14.2. The van der Waals surface area contributed by atoms with E-state index < -0.39 is 5.97 Å². The predicted octanol–water partition coefficient (Wildman–Crippen LogP) is 0.917. The summed E-state index contributed by atoms with van der Waals surface area (Å²) in [5.74, 6) is -0.221. The van der Waals surface area contributed by atoms with E-state index >= 15 is 0 Å². The third-order valence-corrected chi connectivity index (χ3v) is 5.43. The van der Waals surface area contributed by atoms with E-state index in [0.717, 1.165) is 23.0 Å². The molecule has 1 aliphatic heterocycles. The lowest BCUT2D eigenvalue weighted by Gasteiger charge is -2.27. The number of carboxylic acids is 1. The number of hydrogen-bond acceptors (Lipinski definition) is 4. The first-order valence-corrected chi connectivity index (χ1v) is 9.05. The number of carbonyl (C=O) groups is 1. The molecule has 0 radical (unpaired) electrons. The zero-order valence-electron chi connectivity index (χ0n) is 13.4. The number of thiazole rings is 1. The fourth-order valence-electron chi connectivity index (χ4n) is 3.12. The highest BCUT2D eigenvalue weighted by molar-refractivity contribution is 7.13. The summed E-state index contributed by atoms with van der Waals surface area (Å²) in [5.41, 5.74) is 2.97. The zero-order chi connectivity index (χ0) is 16.2. The van der Waals surface area contributed by atoms with Crippen molar-refractivity contribution in [3.05, 3.63) is 40.9 Å². The Balaban J connectivity index is 1.69. The van der Waals surface area contributed by atoms with Crippen molar-refractivity contribution in [2.24, 2.45) is 5.92 Å². The van der Waals surface area contributed by atoms with E-state index in [-0.39, 0.29) is 6.42 Å². The van der Waals surface area contributed by atoms with Crippen LogP contribution < -0.4 is 10.0 Å². The first-order chi connectivity index (χ1) is 11.1. The van der Waals surface area contributed by atoms with Gasteiger partial charge in [0.25, 0.3) is 0 Å². The smallest absolute Gasteiger partial charge is 0.123 e. The summed E-state index contributed by atoms with van der Waals surface area (Å²) in [6.07, 6.45) is 2.51. The topological polar surface area (TPSA) is 57.5 Å². The number of carbonyl (C=O) groups excluding carboxylic acids is 1. The molecule has 1 N–H and O–H groups in total. The van der Waals surface area contributed by atoms with E-state index in [9.17, 15) is 9.90 Å². The number of benzene rings is 1. The summed E-state index contributed by atoms with van der Waals surface area (Å²) >= 11 is 1.49. The molecule has 4 nitrogen and oxygen atoms in total. The fraction of sp³-hybridized carbons (Fsp3) is 0.444. The van der Waals surface area contributed by atoms with E-state index in [0.29, 0.717) is 5.69 Å². The van der Waals surface area contributed by atoms with Crippen LogP contribution >= 0.6 is 11.3 Å². The molecule has 5 heteroatoms. The van der Waals surface area contributed by atoms with E-state index in [1.54, 1.807) is 10.3 Å². The summed E-state index contributed by atoms with van der Waals surface area (Å²) in [5, 5.41) is 13.3. The van der Waals surface area contributed by atoms with Gasteiger partial charge in [-0.3, -0.25) is 0 Å². The standard InChI is InChI=1S/C18H22N2O2S/c1-13-5-7-20(8-6-13)11-14-3-2-4-15(9-14)18-19-16(12-23-18)10-17(21)22/h2-4,9,12-13H,5-8,10-11H2,1H3,(H,21,22). The van der Waals surface area contributed by atoms with Crippen LogP contribution in [0.25, 0.3) is 10.6 Å². The molecule has 2 aromatic rings. The van der Waals surface area contributed by atoms with Crippen molar-refractivity contribution in [1.82, 2.24) is 4.98 Å². The highest BCUT2D eigenvalue weighted by Crippen LogP contribution is 2.24. The molecule has 0 amide bonds. The largest absolute Gasteiger partial charge is 0.550 e. The average Bonchev–Trinajstić information content (AvgIpc) is 2.98. The van der Waals surface area contributed by atoms with Crippen LogP contribution in [0.4, 0.5) is 0 Å². The molecule has 2 heterocycles. The van der Waals surface area contributed by atoms with Gasteiger partial charge in [0.05, 0.1) is 18.8 Å². The number of piperidine rings is 1. The maximum Gasteiger partial charge on any atom is 0.123 e. The van der Waals surface area contributed by atoms with Gasteiger partial charge in [0.2, 0.25) is 0 Å². The lowest BCUT2D eigenvalue weighted by atomic mass is 9.98. The van der Waals surface area contributed by atoms with Crippen LogP contribution in [0.3, 0.4) is 0 Å². The Morgan fingerprint density at radius 3 is 2.91 bits per heavy atom. The summed E-state index contributed by atoms with van der Waals surface area (Å²) in [6.45, 7) is 5.89. The lowest BCUT2D eigenvalue weighted by molar-refractivity contribution is -0.919. The van der Waals surface area contributed by atoms with Crippen LogP contribution in [0.1, 0.15) is 31.0 Å². The minimum absolute atomic E-state index is 0.119. The fourth-order valence-corrected chi connectivity index (χ4v) is 3.94. The maximum absolute atomic E-state index is 10.7. The van der Waals surface area contributed by atoms with Gasteiger partial charge in [-0.2, -0.15) is 0 Å². The Kier molecular flexibility index (Phi) is 5.08. The second-order valence-electron chi connectivity index (χ2n) is 6.50.